The van der Waals surface area contributed by atoms with Gasteiger partial charge in [0.1, 0.15) is 5.71 Å². The van der Waals surface area contributed by atoms with Gasteiger partial charge in [-0.05, 0) is 19.4 Å². The predicted molar refractivity (Wildman–Crippen MR) is 68.6 cm³/mol. The van der Waals surface area contributed by atoms with Crippen molar-refractivity contribution in [2.45, 2.75) is 31.5 Å². The van der Waals surface area contributed by atoms with Crippen LogP contribution in [0, 0.1) is 0 Å². The Balaban J connectivity index is 1.82. The molecule has 2 atom stereocenters. The number of carbonyl (C=O) groups is 1. The van der Waals surface area contributed by atoms with Crippen LogP contribution in [0.1, 0.15) is 25.3 Å². The first kappa shape index (κ1) is 11.4. The summed E-state index contributed by atoms with van der Waals surface area (Å²) < 4.78 is 5.40. The summed E-state index contributed by atoms with van der Waals surface area (Å²) >= 11 is 0. The number of nitrogens with zero attached hydrogens (tertiary/aromatic N) is 1. The van der Waals surface area contributed by atoms with Crippen LogP contribution in [0.15, 0.2) is 35.4 Å². The fourth-order valence-corrected chi connectivity index (χ4v) is 2.36. The van der Waals surface area contributed by atoms with E-state index in [2.05, 4.69) is 10.5 Å². The van der Waals surface area contributed by atoms with Gasteiger partial charge in [-0.1, -0.05) is 30.3 Å². The Bertz CT molecular complexity index is 508. The minimum Gasteiger partial charge on any atom is -0.358 e. The molecule has 0 saturated carbocycles. The lowest BCUT2D eigenvalue weighted by molar-refractivity contribution is -0.114. The number of carbonyl (C=O) groups excluding carboxylic acids is 1. The van der Waals surface area contributed by atoms with Crippen molar-refractivity contribution in [2.75, 3.05) is 6.54 Å². The second kappa shape index (κ2) is 3.92. The van der Waals surface area contributed by atoms with Gasteiger partial charge in [0, 0.05) is 6.54 Å². The quantitative estimate of drug-likeness (QED) is 0.819. The van der Waals surface area contributed by atoms with Crippen molar-refractivity contribution in [2.24, 2.45) is 5.10 Å². The molecule has 1 aromatic carbocycles. The van der Waals surface area contributed by atoms with E-state index in [-0.39, 0.29) is 23.4 Å². The number of hydrazone groups is 1. The number of hydrogen-bond acceptors (Lipinski definition) is 4. The first-order chi connectivity index (χ1) is 8.59. The normalized spacial score (nSPS) is 28.4. The molecule has 3 rings (SSSR count). The van der Waals surface area contributed by atoms with Crippen LogP contribution in [0.25, 0.3) is 0 Å². The molecule has 2 aliphatic rings. The van der Waals surface area contributed by atoms with Crippen molar-refractivity contribution in [1.29, 1.82) is 0 Å². The van der Waals surface area contributed by atoms with Gasteiger partial charge < -0.3 is 10.2 Å². The van der Waals surface area contributed by atoms with Gasteiger partial charge >= 0.3 is 0 Å². The zero-order valence-electron chi connectivity index (χ0n) is 10.5. The summed E-state index contributed by atoms with van der Waals surface area (Å²) in [6.45, 7) is 4.53. The molecule has 0 spiro atoms. The number of hydrogen-bond donors (Lipinski definition) is 1. The van der Waals surface area contributed by atoms with E-state index in [0.717, 1.165) is 5.56 Å². The number of ether oxygens (including phenoxy) is 1. The highest BCUT2D eigenvalue weighted by Crippen LogP contribution is 2.37. The Kier molecular flexibility index (Phi) is 2.48. The van der Waals surface area contributed by atoms with Crippen molar-refractivity contribution < 1.29 is 9.53 Å². The molecule has 1 N–H and O–H groups in total. The van der Waals surface area contributed by atoms with Crippen LogP contribution in [0.4, 0.5) is 0 Å². The van der Waals surface area contributed by atoms with Gasteiger partial charge in [0.2, 0.25) is 5.78 Å². The smallest absolute Gasteiger partial charge is 0.211 e. The molecule has 0 aliphatic carbocycles. The zero-order chi connectivity index (χ0) is 12.8. The zero-order valence-corrected chi connectivity index (χ0v) is 10.5. The molecule has 0 bridgehead atoms. The minimum absolute atomic E-state index is 0.0128. The first-order valence-corrected chi connectivity index (χ1v) is 6.17. The van der Waals surface area contributed by atoms with Crippen molar-refractivity contribution in [3.05, 3.63) is 35.9 Å². The van der Waals surface area contributed by atoms with Crippen LogP contribution >= 0.6 is 0 Å². The monoisotopic (exact) mass is 244 g/mol. The molecule has 2 heterocycles. The lowest BCUT2D eigenvalue weighted by atomic mass is 9.90. The lowest BCUT2D eigenvalue weighted by Crippen LogP contribution is -2.28. The number of benzene rings is 1. The Morgan fingerprint density at radius 3 is 2.67 bits per heavy atom. The predicted octanol–water partition coefficient (Wildman–Crippen LogP) is 1.48. The average Bonchev–Trinajstić information content (AvgIpc) is 2.80. The Labute approximate surface area is 106 Å². The van der Waals surface area contributed by atoms with E-state index in [1.165, 1.54) is 0 Å². The van der Waals surface area contributed by atoms with Crippen LogP contribution in [0.2, 0.25) is 0 Å². The van der Waals surface area contributed by atoms with Crippen molar-refractivity contribution in [1.82, 2.24) is 5.43 Å². The summed E-state index contributed by atoms with van der Waals surface area (Å²) in [5.74, 6) is 0.0533. The van der Waals surface area contributed by atoms with E-state index < -0.39 is 0 Å². The number of Topliss-reactive ketones (excluding diaryl/α,β-unsaturated/α-hetero) is 1. The summed E-state index contributed by atoms with van der Waals surface area (Å²) in [6.07, 6.45) is -0.331. The Morgan fingerprint density at radius 2 is 2.06 bits per heavy atom. The molecule has 2 aliphatic heterocycles. The number of ketones is 1. The average molecular weight is 244 g/mol. The maximum absolute atomic E-state index is 12.3. The summed E-state index contributed by atoms with van der Waals surface area (Å²) in [5.41, 5.74) is 4.31. The highest BCUT2D eigenvalue weighted by atomic mass is 16.6. The molecular weight excluding hydrogens is 228 g/mol. The molecule has 0 amide bonds. The minimum atomic E-state index is -0.331. The van der Waals surface area contributed by atoms with E-state index in [9.17, 15) is 4.79 Å². The molecule has 1 fully saturated rings. The van der Waals surface area contributed by atoms with E-state index in [1.807, 2.05) is 44.2 Å². The van der Waals surface area contributed by atoms with Crippen molar-refractivity contribution in [3.63, 3.8) is 0 Å². The third-order valence-electron chi connectivity index (χ3n) is 3.51. The number of nitrogens with one attached hydrogen (secondary N) is 1. The fourth-order valence-electron chi connectivity index (χ4n) is 2.36. The highest BCUT2D eigenvalue weighted by Gasteiger charge is 2.55. The van der Waals surface area contributed by atoms with E-state index in [4.69, 9.17) is 4.74 Å². The molecule has 0 radical (unpaired) electrons. The Hall–Kier alpha value is -1.68. The van der Waals surface area contributed by atoms with Crippen LogP contribution in [0.5, 0.6) is 0 Å². The van der Waals surface area contributed by atoms with Crippen molar-refractivity contribution in [3.8, 4) is 0 Å². The topological polar surface area (TPSA) is 54.0 Å². The standard InChI is InChI=1S/C14H16N2O2/c1-14(2)13(18-14)12(17)11-10(8-15-16-11)9-6-4-3-5-7-9/h3-7,10,13,15H,8H2,1-2H3/t10-,13+/m1/s1. The SMILES string of the molecule is CC1(C)O[C@H]1C(=O)C1=NNC[C@@H]1c1ccccc1. The summed E-state index contributed by atoms with van der Waals surface area (Å²) in [5, 5.41) is 4.16. The van der Waals surface area contributed by atoms with Gasteiger partial charge in [-0.15, -0.1) is 0 Å². The van der Waals surface area contributed by atoms with Gasteiger partial charge in [-0.25, -0.2) is 0 Å². The second-order valence-corrected chi connectivity index (χ2v) is 5.29. The summed E-state index contributed by atoms with van der Waals surface area (Å²) in [6, 6.07) is 9.98. The molecule has 1 saturated heterocycles. The fraction of sp³-hybridized carbons (Fsp3) is 0.429. The van der Waals surface area contributed by atoms with Crippen LogP contribution in [0.3, 0.4) is 0 Å². The molecular formula is C14H16N2O2. The maximum Gasteiger partial charge on any atom is 0.211 e. The third kappa shape index (κ3) is 1.82. The molecule has 4 nitrogen and oxygen atoms in total. The molecule has 94 valence electrons. The van der Waals surface area contributed by atoms with Gasteiger partial charge in [0.05, 0.1) is 11.5 Å². The van der Waals surface area contributed by atoms with Gasteiger partial charge in [0.15, 0.2) is 6.10 Å². The first-order valence-electron chi connectivity index (χ1n) is 6.17. The van der Waals surface area contributed by atoms with Gasteiger partial charge in [0.25, 0.3) is 0 Å². The van der Waals surface area contributed by atoms with Crippen molar-refractivity contribution >= 4 is 11.5 Å². The molecule has 18 heavy (non-hydrogen) atoms. The van der Waals surface area contributed by atoms with E-state index >= 15 is 0 Å². The van der Waals surface area contributed by atoms with E-state index in [0.29, 0.717) is 12.3 Å². The third-order valence-corrected chi connectivity index (χ3v) is 3.51. The molecule has 0 unspecified atom stereocenters. The Morgan fingerprint density at radius 1 is 1.39 bits per heavy atom. The van der Waals surface area contributed by atoms with E-state index in [1.54, 1.807) is 0 Å². The number of rotatable bonds is 3. The number of epoxide rings is 1. The summed E-state index contributed by atoms with van der Waals surface area (Å²) in [7, 11) is 0. The second-order valence-electron chi connectivity index (χ2n) is 5.29. The largest absolute Gasteiger partial charge is 0.358 e. The summed E-state index contributed by atoms with van der Waals surface area (Å²) in [4.78, 5) is 12.3. The highest BCUT2D eigenvalue weighted by molar-refractivity contribution is 6.44. The van der Waals surface area contributed by atoms with Crippen LogP contribution in [-0.4, -0.2) is 29.7 Å². The molecule has 0 aromatic heterocycles. The van der Waals surface area contributed by atoms with Gasteiger partial charge in [-0.2, -0.15) is 5.10 Å². The lowest BCUT2D eigenvalue weighted by Gasteiger charge is -2.10. The van der Waals surface area contributed by atoms with Crippen LogP contribution in [-0.2, 0) is 9.53 Å². The van der Waals surface area contributed by atoms with Crippen LogP contribution < -0.4 is 5.43 Å². The molecule has 4 heteroatoms. The maximum atomic E-state index is 12.3. The van der Waals surface area contributed by atoms with Gasteiger partial charge in [-0.3, -0.25) is 4.79 Å². The molecule has 1 aromatic rings.